The van der Waals surface area contributed by atoms with Crippen molar-refractivity contribution in [3.8, 4) is 11.1 Å². The van der Waals surface area contributed by atoms with Crippen molar-refractivity contribution in [2.75, 3.05) is 13.1 Å². The number of aliphatic hydroxyl groups is 1. The molecule has 4 heterocycles. The first kappa shape index (κ1) is 16.2. The summed E-state index contributed by atoms with van der Waals surface area (Å²) in [5, 5.41) is 12.6. The molecule has 1 saturated heterocycles. The number of aliphatic hydroxyl groups excluding tert-OH is 1. The van der Waals surface area contributed by atoms with Crippen LogP contribution >= 0.6 is 11.3 Å². The number of benzene rings is 1. The average molecular weight is 376 g/mol. The Morgan fingerprint density at radius 2 is 1.89 bits per heavy atom. The van der Waals surface area contributed by atoms with E-state index in [0.717, 1.165) is 15.6 Å². The molecule has 134 valence electrons. The van der Waals surface area contributed by atoms with Gasteiger partial charge in [-0.2, -0.15) is 0 Å². The van der Waals surface area contributed by atoms with Gasteiger partial charge >= 0.3 is 0 Å². The molecule has 1 aliphatic rings. The van der Waals surface area contributed by atoms with Crippen molar-refractivity contribution in [3.05, 3.63) is 76.0 Å². The van der Waals surface area contributed by atoms with Crippen LogP contribution in [-0.2, 0) is 0 Å². The Bertz CT molecular complexity index is 1240. The van der Waals surface area contributed by atoms with E-state index in [2.05, 4.69) is 0 Å². The van der Waals surface area contributed by atoms with Crippen molar-refractivity contribution in [1.82, 2.24) is 9.30 Å². The van der Waals surface area contributed by atoms with Gasteiger partial charge in [-0.1, -0.05) is 30.3 Å². The van der Waals surface area contributed by atoms with Crippen molar-refractivity contribution in [3.63, 3.8) is 0 Å². The predicted molar refractivity (Wildman–Crippen MR) is 106 cm³/mol. The number of amides is 1. The summed E-state index contributed by atoms with van der Waals surface area (Å²) in [6.07, 6.45) is 1.27. The summed E-state index contributed by atoms with van der Waals surface area (Å²) >= 11 is 1.52. The Balaban J connectivity index is 1.84. The first-order chi connectivity index (χ1) is 13.1. The van der Waals surface area contributed by atoms with Crippen molar-refractivity contribution in [1.29, 1.82) is 0 Å². The number of carbonyl (C=O) groups excluding carboxylic acids is 1. The van der Waals surface area contributed by atoms with E-state index in [1.165, 1.54) is 11.3 Å². The SMILES string of the molecule is O=C(c1cc(-c2ccccc2)c(=O)n2ccc3ccsc3c12)N1CC(O)C1. The Hall–Kier alpha value is -2.96. The lowest BCUT2D eigenvalue weighted by Crippen LogP contribution is -2.53. The summed E-state index contributed by atoms with van der Waals surface area (Å²) in [6, 6.07) is 15.0. The van der Waals surface area contributed by atoms with Crippen LogP contribution in [0.15, 0.2) is 64.9 Å². The molecule has 5 rings (SSSR count). The maximum atomic E-state index is 13.2. The molecule has 1 aromatic carbocycles. The molecular formula is C21H16N2O3S. The molecule has 5 nitrogen and oxygen atoms in total. The van der Waals surface area contributed by atoms with E-state index in [-0.39, 0.29) is 11.5 Å². The zero-order valence-electron chi connectivity index (χ0n) is 14.3. The minimum atomic E-state index is -0.470. The van der Waals surface area contributed by atoms with E-state index in [9.17, 15) is 14.7 Å². The highest BCUT2D eigenvalue weighted by atomic mass is 32.1. The number of likely N-dealkylation sites (tertiary alicyclic amines) is 1. The van der Waals surface area contributed by atoms with Crippen LogP contribution in [0.3, 0.4) is 0 Å². The van der Waals surface area contributed by atoms with Crippen LogP contribution in [0, 0.1) is 0 Å². The van der Waals surface area contributed by atoms with Crippen molar-refractivity contribution >= 4 is 32.8 Å². The molecule has 0 radical (unpaired) electrons. The fourth-order valence-corrected chi connectivity index (χ4v) is 4.53. The van der Waals surface area contributed by atoms with E-state index >= 15 is 0 Å². The minimum Gasteiger partial charge on any atom is -0.389 e. The molecule has 6 heteroatoms. The summed E-state index contributed by atoms with van der Waals surface area (Å²) in [5.74, 6) is -0.157. The Morgan fingerprint density at radius 1 is 1.11 bits per heavy atom. The Labute approximate surface area is 158 Å². The summed E-state index contributed by atoms with van der Waals surface area (Å²) in [6.45, 7) is 0.649. The van der Waals surface area contributed by atoms with E-state index in [1.807, 2.05) is 47.8 Å². The smallest absolute Gasteiger partial charge is 0.263 e. The van der Waals surface area contributed by atoms with Gasteiger partial charge in [0.15, 0.2) is 0 Å². The van der Waals surface area contributed by atoms with Crippen LogP contribution < -0.4 is 5.56 Å². The minimum absolute atomic E-state index is 0.147. The molecule has 3 aromatic heterocycles. The van der Waals surface area contributed by atoms with Gasteiger partial charge in [0.05, 0.1) is 21.9 Å². The second-order valence-corrected chi connectivity index (χ2v) is 7.66. The molecule has 4 aromatic rings. The number of carbonyl (C=O) groups is 1. The highest BCUT2D eigenvalue weighted by Crippen LogP contribution is 2.30. The molecule has 1 amide bonds. The zero-order valence-corrected chi connectivity index (χ0v) is 15.1. The summed E-state index contributed by atoms with van der Waals surface area (Å²) in [7, 11) is 0. The molecule has 1 N–H and O–H groups in total. The van der Waals surface area contributed by atoms with Gasteiger partial charge < -0.3 is 10.0 Å². The Kier molecular flexibility index (Phi) is 3.63. The quantitative estimate of drug-likeness (QED) is 0.585. The number of hydrogen-bond donors (Lipinski definition) is 1. The summed E-state index contributed by atoms with van der Waals surface area (Å²) in [5.41, 5.74) is 2.26. The maximum absolute atomic E-state index is 13.2. The molecule has 0 spiro atoms. The molecular weight excluding hydrogens is 360 g/mol. The highest BCUT2D eigenvalue weighted by Gasteiger charge is 2.31. The van der Waals surface area contributed by atoms with Gasteiger partial charge in [-0.15, -0.1) is 11.3 Å². The standard InChI is InChI=1S/C21H16N2O3S/c24-15-11-22(12-15)20(25)17-10-16(13-4-2-1-3-5-13)21(26)23-8-6-14-7-9-27-19(14)18(17)23/h1-10,15,24H,11-12H2. The number of thiophene rings is 1. The third kappa shape index (κ3) is 2.49. The summed E-state index contributed by atoms with van der Waals surface area (Å²) in [4.78, 5) is 27.9. The van der Waals surface area contributed by atoms with E-state index in [4.69, 9.17) is 0 Å². The lowest BCUT2D eigenvalue weighted by atomic mass is 10.0. The monoisotopic (exact) mass is 376 g/mol. The Morgan fingerprint density at radius 3 is 2.63 bits per heavy atom. The van der Waals surface area contributed by atoms with Gasteiger partial charge in [-0.25, -0.2) is 0 Å². The number of hydrogen-bond acceptors (Lipinski definition) is 4. The summed E-state index contributed by atoms with van der Waals surface area (Å²) < 4.78 is 2.49. The fraction of sp³-hybridized carbons (Fsp3) is 0.143. The van der Waals surface area contributed by atoms with Gasteiger partial charge in [0.1, 0.15) is 0 Å². The number of nitrogens with zero attached hydrogens (tertiary/aromatic N) is 2. The van der Waals surface area contributed by atoms with Gasteiger partial charge in [0.2, 0.25) is 0 Å². The fourth-order valence-electron chi connectivity index (χ4n) is 3.59. The van der Waals surface area contributed by atoms with Crippen LogP contribution in [-0.4, -0.2) is 39.5 Å². The van der Waals surface area contributed by atoms with Crippen LogP contribution in [0.5, 0.6) is 0 Å². The van der Waals surface area contributed by atoms with E-state index in [1.54, 1.807) is 21.6 Å². The molecule has 27 heavy (non-hydrogen) atoms. The maximum Gasteiger partial charge on any atom is 0.263 e. The third-order valence-electron chi connectivity index (χ3n) is 5.01. The van der Waals surface area contributed by atoms with Crippen LogP contribution in [0.4, 0.5) is 0 Å². The zero-order chi connectivity index (χ0) is 18.5. The first-order valence-corrected chi connectivity index (χ1v) is 9.60. The average Bonchev–Trinajstić information content (AvgIpc) is 3.15. The van der Waals surface area contributed by atoms with Gasteiger partial charge in [-0.05, 0) is 34.5 Å². The molecule has 0 atom stereocenters. The molecule has 1 fully saturated rings. The van der Waals surface area contributed by atoms with Gasteiger partial charge in [0, 0.05) is 24.8 Å². The topological polar surface area (TPSA) is 62.0 Å². The first-order valence-electron chi connectivity index (χ1n) is 8.72. The lowest BCUT2D eigenvalue weighted by molar-refractivity contribution is 0.00600. The molecule has 1 aliphatic heterocycles. The lowest BCUT2D eigenvalue weighted by Gasteiger charge is -2.36. The molecule has 0 saturated carbocycles. The second-order valence-electron chi connectivity index (χ2n) is 6.75. The second kappa shape index (κ2) is 6.04. The number of β-amino-alcohol motifs (C(OH)–C–C–N with tert-alkyl or cyclic N) is 1. The molecule has 0 unspecified atom stereocenters. The number of rotatable bonds is 2. The van der Waals surface area contributed by atoms with Gasteiger partial charge in [-0.3, -0.25) is 14.0 Å². The third-order valence-corrected chi connectivity index (χ3v) is 5.95. The normalized spacial score (nSPS) is 14.6. The van der Waals surface area contributed by atoms with Crippen molar-refractivity contribution < 1.29 is 9.90 Å². The van der Waals surface area contributed by atoms with E-state index < -0.39 is 6.10 Å². The number of pyridine rings is 2. The molecule has 0 aliphatic carbocycles. The van der Waals surface area contributed by atoms with Crippen molar-refractivity contribution in [2.24, 2.45) is 0 Å². The number of fused-ring (bicyclic) bond motifs is 3. The van der Waals surface area contributed by atoms with Crippen LogP contribution in [0.25, 0.3) is 26.7 Å². The number of aromatic nitrogens is 1. The largest absolute Gasteiger partial charge is 0.389 e. The highest BCUT2D eigenvalue weighted by molar-refractivity contribution is 7.18. The van der Waals surface area contributed by atoms with Gasteiger partial charge in [0.25, 0.3) is 11.5 Å². The van der Waals surface area contributed by atoms with E-state index in [0.29, 0.717) is 29.7 Å². The molecule has 0 bridgehead atoms. The van der Waals surface area contributed by atoms with Crippen LogP contribution in [0.1, 0.15) is 10.4 Å². The van der Waals surface area contributed by atoms with Crippen LogP contribution in [0.2, 0.25) is 0 Å². The predicted octanol–water partition coefficient (Wildman–Crippen LogP) is 3.00. The van der Waals surface area contributed by atoms with Crippen molar-refractivity contribution in [2.45, 2.75) is 6.10 Å².